The first-order chi connectivity index (χ1) is 14.2. The fourth-order valence-electron chi connectivity index (χ4n) is 3.77. The number of benzene rings is 1. The Balaban J connectivity index is 1.48. The van der Waals surface area contributed by atoms with Crippen molar-refractivity contribution in [1.29, 1.82) is 0 Å². The Morgan fingerprint density at radius 3 is 2.59 bits per heavy atom. The summed E-state index contributed by atoms with van der Waals surface area (Å²) >= 11 is 0. The van der Waals surface area contributed by atoms with Gasteiger partial charge in [-0.05, 0) is 37.0 Å². The van der Waals surface area contributed by atoms with Crippen LogP contribution in [0.1, 0.15) is 32.3 Å². The Morgan fingerprint density at radius 1 is 1.17 bits per heavy atom. The fourth-order valence-corrected chi connectivity index (χ4v) is 3.77. The number of anilines is 1. The molecule has 2 aliphatic rings. The first-order valence-electron chi connectivity index (χ1n) is 10.9. The molecular formula is C22H35N5O2. The van der Waals surface area contributed by atoms with Crippen LogP contribution in [0.2, 0.25) is 0 Å². The number of carbonyl (C=O) groups is 1. The Kier molecular flexibility index (Phi) is 8.31. The van der Waals surface area contributed by atoms with E-state index >= 15 is 0 Å². The van der Waals surface area contributed by atoms with Gasteiger partial charge in [-0.3, -0.25) is 9.69 Å². The van der Waals surface area contributed by atoms with E-state index in [2.05, 4.69) is 41.5 Å². The third-order valence-electron chi connectivity index (χ3n) is 5.38. The number of aliphatic imine (C=N–C) groups is 1. The van der Waals surface area contributed by atoms with E-state index in [1.54, 1.807) is 0 Å². The van der Waals surface area contributed by atoms with Gasteiger partial charge in [0.15, 0.2) is 5.96 Å². The minimum atomic E-state index is 0.223. The summed E-state index contributed by atoms with van der Waals surface area (Å²) < 4.78 is 5.42. The molecule has 0 radical (unpaired) electrons. The summed E-state index contributed by atoms with van der Waals surface area (Å²) in [5.41, 5.74) is 2.13. The van der Waals surface area contributed by atoms with Crippen LogP contribution in [0.3, 0.4) is 0 Å². The largest absolute Gasteiger partial charge is 0.379 e. The average Bonchev–Trinajstić information content (AvgIpc) is 3.17. The number of rotatable bonds is 8. The first kappa shape index (κ1) is 21.6. The summed E-state index contributed by atoms with van der Waals surface area (Å²) in [6.45, 7) is 12.3. The Bertz CT molecular complexity index is 670. The van der Waals surface area contributed by atoms with Crippen molar-refractivity contribution in [2.24, 2.45) is 10.9 Å². The van der Waals surface area contributed by atoms with Crippen molar-refractivity contribution in [3.05, 3.63) is 29.8 Å². The van der Waals surface area contributed by atoms with Crippen LogP contribution < -0.4 is 15.5 Å². The Morgan fingerprint density at radius 2 is 1.93 bits per heavy atom. The lowest BCUT2D eigenvalue weighted by Gasteiger charge is -2.29. The monoisotopic (exact) mass is 401 g/mol. The topological polar surface area (TPSA) is 69.2 Å². The lowest BCUT2D eigenvalue weighted by Crippen LogP contribution is -2.44. The second-order valence-corrected chi connectivity index (χ2v) is 7.91. The summed E-state index contributed by atoms with van der Waals surface area (Å²) in [4.78, 5) is 20.9. The van der Waals surface area contributed by atoms with E-state index in [0.717, 1.165) is 76.1 Å². The van der Waals surface area contributed by atoms with Crippen molar-refractivity contribution in [2.45, 2.75) is 33.2 Å². The van der Waals surface area contributed by atoms with E-state index in [9.17, 15) is 4.79 Å². The number of nitrogens with zero attached hydrogens (tertiary/aromatic N) is 3. The molecule has 1 aromatic carbocycles. The number of guanidine groups is 1. The van der Waals surface area contributed by atoms with Gasteiger partial charge >= 0.3 is 0 Å². The third kappa shape index (κ3) is 6.72. The minimum absolute atomic E-state index is 0.223. The zero-order valence-electron chi connectivity index (χ0n) is 17.8. The molecule has 0 saturated carbocycles. The molecule has 2 aliphatic heterocycles. The van der Waals surface area contributed by atoms with Gasteiger partial charge in [0, 0.05) is 51.4 Å². The second-order valence-electron chi connectivity index (χ2n) is 7.91. The summed E-state index contributed by atoms with van der Waals surface area (Å²) in [5, 5.41) is 6.80. The standard InChI is InChI=1S/C22H35N5O2/c1-3-23-22(24-15-18(2)17-26-11-13-29-14-12-26)25-16-19-6-8-20(9-7-19)27-10-4-5-21(27)28/h6-9,18H,3-5,10-17H2,1-2H3,(H2,23,24,25). The molecule has 1 aromatic rings. The maximum Gasteiger partial charge on any atom is 0.227 e. The number of ether oxygens (including phenoxy) is 1. The van der Waals surface area contributed by atoms with Gasteiger partial charge in [-0.15, -0.1) is 0 Å². The molecule has 29 heavy (non-hydrogen) atoms. The van der Waals surface area contributed by atoms with E-state index in [4.69, 9.17) is 9.73 Å². The number of carbonyl (C=O) groups excluding carboxylic acids is 1. The number of morpholine rings is 1. The van der Waals surface area contributed by atoms with E-state index in [1.165, 1.54) is 0 Å². The smallest absolute Gasteiger partial charge is 0.227 e. The van der Waals surface area contributed by atoms with Crippen LogP contribution >= 0.6 is 0 Å². The summed E-state index contributed by atoms with van der Waals surface area (Å²) in [7, 11) is 0. The highest BCUT2D eigenvalue weighted by molar-refractivity contribution is 5.95. The minimum Gasteiger partial charge on any atom is -0.379 e. The molecule has 1 atom stereocenters. The van der Waals surface area contributed by atoms with Crippen molar-refractivity contribution in [2.75, 3.05) is 57.4 Å². The van der Waals surface area contributed by atoms with Gasteiger partial charge in [-0.25, -0.2) is 4.99 Å². The molecule has 1 amide bonds. The molecule has 7 heteroatoms. The van der Waals surface area contributed by atoms with Crippen LogP contribution in [0.25, 0.3) is 0 Å². The summed E-state index contributed by atoms with van der Waals surface area (Å²) in [6.07, 6.45) is 1.61. The van der Waals surface area contributed by atoms with E-state index in [-0.39, 0.29) is 5.91 Å². The molecule has 0 aromatic heterocycles. The lowest BCUT2D eigenvalue weighted by atomic mass is 10.1. The molecule has 2 N–H and O–H groups in total. The number of amides is 1. The van der Waals surface area contributed by atoms with Gasteiger partial charge in [0.1, 0.15) is 0 Å². The number of nitrogens with one attached hydrogen (secondary N) is 2. The molecule has 0 bridgehead atoms. The second kappa shape index (κ2) is 11.2. The molecule has 0 spiro atoms. The van der Waals surface area contributed by atoms with E-state index in [0.29, 0.717) is 18.9 Å². The van der Waals surface area contributed by atoms with Crippen LogP contribution in [0.4, 0.5) is 5.69 Å². The zero-order chi connectivity index (χ0) is 20.5. The molecule has 1 unspecified atom stereocenters. The zero-order valence-corrected chi connectivity index (χ0v) is 17.8. The normalized spacial score (nSPS) is 19.4. The van der Waals surface area contributed by atoms with E-state index < -0.39 is 0 Å². The maximum absolute atomic E-state index is 11.9. The Labute approximate surface area is 174 Å². The Hall–Kier alpha value is -2.12. The van der Waals surface area contributed by atoms with Gasteiger partial charge < -0.3 is 20.3 Å². The highest BCUT2D eigenvalue weighted by Crippen LogP contribution is 2.21. The van der Waals surface area contributed by atoms with Gasteiger partial charge in [0.25, 0.3) is 0 Å². The molecule has 0 aliphatic carbocycles. The van der Waals surface area contributed by atoms with Gasteiger partial charge in [-0.2, -0.15) is 0 Å². The van der Waals surface area contributed by atoms with Crippen LogP contribution in [0.5, 0.6) is 0 Å². The van der Waals surface area contributed by atoms with Crippen LogP contribution in [0.15, 0.2) is 29.3 Å². The van der Waals surface area contributed by atoms with Crippen LogP contribution in [0, 0.1) is 5.92 Å². The van der Waals surface area contributed by atoms with Crippen LogP contribution in [-0.4, -0.2) is 69.2 Å². The highest BCUT2D eigenvalue weighted by Gasteiger charge is 2.21. The van der Waals surface area contributed by atoms with Gasteiger partial charge in [0.2, 0.25) is 5.91 Å². The summed E-state index contributed by atoms with van der Waals surface area (Å²) in [6, 6.07) is 8.18. The van der Waals surface area contributed by atoms with Gasteiger partial charge in [0.05, 0.1) is 19.8 Å². The van der Waals surface area contributed by atoms with Crippen molar-refractivity contribution in [3.63, 3.8) is 0 Å². The molecule has 3 rings (SSSR count). The summed E-state index contributed by atoms with van der Waals surface area (Å²) in [5.74, 6) is 1.61. The third-order valence-corrected chi connectivity index (χ3v) is 5.38. The lowest BCUT2D eigenvalue weighted by molar-refractivity contribution is -0.117. The number of hydrogen-bond donors (Lipinski definition) is 2. The van der Waals surface area contributed by atoms with Crippen molar-refractivity contribution in [3.8, 4) is 0 Å². The van der Waals surface area contributed by atoms with Gasteiger partial charge in [-0.1, -0.05) is 19.1 Å². The molecule has 160 valence electrons. The molecule has 2 fully saturated rings. The number of hydrogen-bond acceptors (Lipinski definition) is 4. The fraction of sp³-hybridized carbons (Fsp3) is 0.636. The van der Waals surface area contributed by atoms with Crippen molar-refractivity contribution >= 4 is 17.6 Å². The SMILES string of the molecule is CCNC(=NCc1ccc(N2CCCC2=O)cc1)NCC(C)CN1CCOCC1. The van der Waals surface area contributed by atoms with E-state index in [1.807, 2.05) is 17.0 Å². The van der Waals surface area contributed by atoms with Crippen molar-refractivity contribution in [1.82, 2.24) is 15.5 Å². The van der Waals surface area contributed by atoms with Crippen LogP contribution in [-0.2, 0) is 16.1 Å². The average molecular weight is 402 g/mol. The van der Waals surface area contributed by atoms with Crippen molar-refractivity contribution < 1.29 is 9.53 Å². The first-order valence-corrected chi connectivity index (χ1v) is 10.9. The maximum atomic E-state index is 11.9. The predicted octanol–water partition coefficient (Wildman–Crippen LogP) is 1.84. The predicted molar refractivity (Wildman–Crippen MR) is 117 cm³/mol. The molecule has 2 heterocycles. The molecular weight excluding hydrogens is 366 g/mol. The quantitative estimate of drug-likeness (QED) is 0.514. The highest BCUT2D eigenvalue weighted by atomic mass is 16.5. The molecule has 7 nitrogen and oxygen atoms in total. The molecule has 2 saturated heterocycles.